The Morgan fingerprint density at radius 2 is 2.00 bits per heavy atom. The molecular formula is C14H19N. The van der Waals surface area contributed by atoms with E-state index in [4.69, 9.17) is 0 Å². The quantitative estimate of drug-likeness (QED) is 0.697. The average Bonchev–Trinajstić information content (AvgIpc) is 3.09. The molecule has 0 spiro atoms. The molecule has 1 N–H and O–H groups in total. The van der Waals surface area contributed by atoms with Crippen molar-refractivity contribution in [1.82, 2.24) is 5.32 Å². The van der Waals surface area contributed by atoms with Gasteiger partial charge in [-0.1, -0.05) is 55.3 Å². The second-order valence-electron chi connectivity index (χ2n) is 4.25. The first-order valence-corrected chi connectivity index (χ1v) is 5.87. The zero-order chi connectivity index (χ0) is 10.3. The minimum Gasteiger partial charge on any atom is -0.313 e. The average molecular weight is 201 g/mol. The van der Waals surface area contributed by atoms with E-state index >= 15 is 0 Å². The fraction of sp³-hybridized carbons (Fsp3) is 0.429. The Balaban J connectivity index is 1.58. The van der Waals surface area contributed by atoms with Crippen molar-refractivity contribution in [3.8, 4) is 0 Å². The van der Waals surface area contributed by atoms with Crippen molar-refractivity contribution >= 4 is 6.08 Å². The van der Waals surface area contributed by atoms with Crippen molar-refractivity contribution in [2.45, 2.75) is 19.3 Å². The molecule has 0 aliphatic heterocycles. The van der Waals surface area contributed by atoms with E-state index in [0.29, 0.717) is 0 Å². The molecule has 0 heterocycles. The molecule has 1 heteroatoms. The van der Waals surface area contributed by atoms with Crippen LogP contribution in [0.2, 0.25) is 0 Å². The molecule has 1 aromatic carbocycles. The molecule has 0 radical (unpaired) electrons. The van der Waals surface area contributed by atoms with Crippen molar-refractivity contribution in [1.29, 1.82) is 0 Å². The molecule has 1 aliphatic carbocycles. The molecule has 0 unspecified atom stereocenters. The van der Waals surface area contributed by atoms with Gasteiger partial charge < -0.3 is 5.32 Å². The maximum absolute atomic E-state index is 3.44. The van der Waals surface area contributed by atoms with Gasteiger partial charge in [0.05, 0.1) is 0 Å². The highest BCUT2D eigenvalue weighted by Crippen LogP contribution is 2.31. The molecule has 1 aromatic rings. The lowest BCUT2D eigenvalue weighted by Crippen LogP contribution is -2.15. The Morgan fingerprint density at radius 1 is 1.20 bits per heavy atom. The van der Waals surface area contributed by atoms with E-state index in [2.05, 4.69) is 41.7 Å². The van der Waals surface area contributed by atoms with Gasteiger partial charge in [-0.3, -0.25) is 0 Å². The maximum Gasteiger partial charge on any atom is 0.0138 e. The van der Waals surface area contributed by atoms with Crippen LogP contribution in [0.4, 0.5) is 0 Å². The summed E-state index contributed by atoms with van der Waals surface area (Å²) in [7, 11) is 0. The van der Waals surface area contributed by atoms with Crippen LogP contribution in [0.15, 0.2) is 36.4 Å². The molecule has 0 aromatic heterocycles. The lowest BCUT2D eigenvalue weighted by Gasteiger charge is -1.99. The van der Waals surface area contributed by atoms with Crippen LogP contribution >= 0.6 is 0 Å². The monoisotopic (exact) mass is 201 g/mol. The molecule has 1 saturated carbocycles. The normalized spacial score (nSPS) is 16.0. The summed E-state index contributed by atoms with van der Waals surface area (Å²) < 4.78 is 0. The van der Waals surface area contributed by atoms with Crippen LogP contribution in [0, 0.1) is 5.92 Å². The van der Waals surface area contributed by atoms with Gasteiger partial charge in [0.25, 0.3) is 0 Å². The maximum atomic E-state index is 3.44. The van der Waals surface area contributed by atoms with E-state index in [0.717, 1.165) is 12.5 Å². The molecule has 0 amide bonds. The van der Waals surface area contributed by atoms with Gasteiger partial charge in [-0.25, -0.2) is 0 Å². The molecular weight excluding hydrogens is 182 g/mol. The third kappa shape index (κ3) is 4.30. The minimum atomic E-state index is 0.988. The molecule has 80 valence electrons. The predicted molar refractivity (Wildman–Crippen MR) is 65.7 cm³/mol. The second-order valence-corrected chi connectivity index (χ2v) is 4.25. The van der Waals surface area contributed by atoms with E-state index in [1.807, 2.05) is 6.07 Å². The van der Waals surface area contributed by atoms with Gasteiger partial charge in [-0.15, -0.1) is 0 Å². The van der Waals surface area contributed by atoms with Crippen LogP contribution in [-0.2, 0) is 0 Å². The van der Waals surface area contributed by atoms with Crippen molar-refractivity contribution in [3.63, 3.8) is 0 Å². The van der Waals surface area contributed by atoms with Gasteiger partial charge >= 0.3 is 0 Å². The number of nitrogens with one attached hydrogen (secondary N) is 1. The number of rotatable bonds is 6. The highest BCUT2D eigenvalue weighted by atomic mass is 14.8. The third-order valence-electron chi connectivity index (χ3n) is 2.80. The van der Waals surface area contributed by atoms with Gasteiger partial charge in [0.1, 0.15) is 0 Å². The largest absolute Gasteiger partial charge is 0.313 e. The molecule has 2 rings (SSSR count). The summed E-state index contributed by atoms with van der Waals surface area (Å²) in [4.78, 5) is 0. The third-order valence-corrected chi connectivity index (χ3v) is 2.80. The number of benzene rings is 1. The van der Waals surface area contributed by atoms with E-state index in [9.17, 15) is 0 Å². The Bertz CT molecular complexity index is 298. The molecule has 0 bridgehead atoms. The zero-order valence-electron chi connectivity index (χ0n) is 9.15. The standard InChI is InChI=1S/C14H19N/c1-2-5-13(6-3-1)7-4-11-15-12-10-14-8-9-14/h1-7,14-15H,8-12H2. The Hall–Kier alpha value is -1.08. The van der Waals surface area contributed by atoms with Crippen LogP contribution in [0.3, 0.4) is 0 Å². The lowest BCUT2D eigenvalue weighted by atomic mass is 10.2. The first kappa shape index (κ1) is 10.4. The van der Waals surface area contributed by atoms with Crippen LogP contribution < -0.4 is 5.32 Å². The van der Waals surface area contributed by atoms with Gasteiger partial charge in [0, 0.05) is 6.54 Å². The molecule has 0 saturated heterocycles. The van der Waals surface area contributed by atoms with Gasteiger partial charge in [0.2, 0.25) is 0 Å². The summed E-state index contributed by atoms with van der Waals surface area (Å²) in [5, 5.41) is 3.44. The topological polar surface area (TPSA) is 12.0 Å². The Morgan fingerprint density at radius 3 is 2.73 bits per heavy atom. The summed E-state index contributed by atoms with van der Waals surface area (Å²) in [5.74, 6) is 1.04. The van der Waals surface area contributed by atoms with E-state index in [1.165, 1.54) is 31.4 Å². The van der Waals surface area contributed by atoms with Gasteiger partial charge in [-0.05, 0) is 24.4 Å². The predicted octanol–water partition coefficient (Wildman–Crippen LogP) is 3.09. The van der Waals surface area contributed by atoms with Crippen LogP contribution in [0.1, 0.15) is 24.8 Å². The summed E-state index contributed by atoms with van der Waals surface area (Å²) >= 11 is 0. The van der Waals surface area contributed by atoms with Gasteiger partial charge in [-0.2, -0.15) is 0 Å². The minimum absolute atomic E-state index is 0.988. The fourth-order valence-electron chi connectivity index (χ4n) is 1.66. The van der Waals surface area contributed by atoms with E-state index in [1.54, 1.807) is 0 Å². The number of hydrogen-bond donors (Lipinski definition) is 1. The van der Waals surface area contributed by atoms with Crippen molar-refractivity contribution < 1.29 is 0 Å². The smallest absolute Gasteiger partial charge is 0.0138 e. The summed E-state index contributed by atoms with van der Waals surface area (Å²) in [6.07, 6.45) is 8.65. The first-order chi connectivity index (χ1) is 7.45. The first-order valence-electron chi connectivity index (χ1n) is 5.87. The van der Waals surface area contributed by atoms with Crippen molar-refractivity contribution in [2.24, 2.45) is 5.92 Å². The van der Waals surface area contributed by atoms with Crippen LogP contribution in [0.5, 0.6) is 0 Å². The van der Waals surface area contributed by atoms with Crippen LogP contribution in [-0.4, -0.2) is 13.1 Å². The Labute approximate surface area is 92.2 Å². The lowest BCUT2D eigenvalue weighted by molar-refractivity contribution is 0.645. The Kier molecular flexibility index (Phi) is 3.98. The molecule has 1 aliphatic rings. The fourth-order valence-corrected chi connectivity index (χ4v) is 1.66. The van der Waals surface area contributed by atoms with E-state index in [-0.39, 0.29) is 0 Å². The zero-order valence-corrected chi connectivity index (χ0v) is 9.15. The van der Waals surface area contributed by atoms with Crippen molar-refractivity contribution in [2.75, 3.05) is 13.1 Å². The summed E-state index contributed by atoms with van der Waals surface area (Å²) in [6, 6.07) is 10.4. The molecule has 1 fully saturated rings. The highest BCUT2D eigenvalue weighted by molar-refractivity contribution is 5.48. The SMILES string of the molecule is C(=Cc1ccccc1)CNCCC1CC1. The van der Waals surface area contributed by atoms with Crippen LogP contribution in [0.25, 0.3) is 6.08 Å². The summed E-state index contributed by atoms with van der Waals surface area (Å²) in [5.41, 5.74) is 1.28. The second kappa shape index (κ2) is 5.72. The highest BCUT2D eigenvalue weighted by Gasteiger charge is 2.19. The molecule has 1 nitrogen and oxygen atoms in total. The summed E-state index contributed by atoms with van der Waals surface area (Å²) in [6.45, 7) is 2.16. The van der Waals surface area contributed by atoms with Crippen molar-refractivity contribution in [3.05, 3.63) is 42.0 Å². The van der Waals surface area contributed by atoms with E-state index < -0.39 is 0 Å². The number of hydrogen-bond acceptors (Lipinski definition) is 1. The molecule has 15 heavy (non-hydrogen) atoms. The molecule has 0 atom stereocenters. The van der Waals surface area contributed by atoms with Gasteiger partial charge in [0.15, 0.2) is 0 Å².